The highest BCUT2D eigenvalue weighted by molar-refractivity contribution is 5.80. The molecule has 33 heavy (non-hydrogen) atoms. The molecule has 0 aliphatic heterocycles. The van der Waals surface area contributed by atoms with Crippen molar-refractivity contribution in [1.29, 1.82) is 0 Å². The second-order valence-corrected chi connectivity index (χ2v) is 9.65. The van der Waals surface area contributed by atoms with Gasteiger partial charge in [0.25, 0.3) is 0 Å². The van der Waals surface area contributed by atoms with Crippen LogP contribution in [0.5, 0.6) is 0 Å². The van der Waals surface area contributed by atoms with E-state index in [0.717, 1.165) is 38.5 Å². The second kappa shape index (κ2) is 23.8. The Morgan fingerprint density at radius 3 is 1.73 bits per heavy atom. The maximum absolute atomic E-state index is 12.4. The predicted molar refractivity (Wildman–Crippen MR) is 140 cm³/mol. The molecule has 0 saturated carbocycles. The van der Waals surface area contributed by atoms with E-state index in [1.165, 1.54) is 83.5 Å². The highest BCUT2D eigenvalue weighted by Gasteiger charge is 2.21. The number of carbonyl (C=O) groups excluding carboxylic acids is 1. The number of hydrogen-bond donors (Lipinski definition) is 1. The molecule has 0 aromatic carbocycles. The van der Waals surface area contributed by atoms with Crippen LogP contribution in [-0.2, 0) is 14.3 Å². The van der Waals surface area contributed by atoms with Crippen molar-refractivity contribution in [1.82, 2.24) is 0 Å². The molecule has 0 aromatic heterocycles. The van der Waals surface area contributed by atoms with E-state index >= 15 is 0 Å². The highest BCUT2D eigenvalue weighted by Crippen LogP contribution is 2.17. The van der Waals surface area contributed by atoms with Gasteiger partial charge in [0.15, 0.2) is 0 Å². The van der Waals surface area contributed by atoms with Gasteiger partial charge in [-0.3, -0.25) is 9.59 Å². The third-order valence-corrected chi connectivity index (χ3v) is 6.33. The van der Waals surface area contributed by atoms with Crippen LogP contribution in [0, 0.1) is 5.92 Å². The Morgan fingerprint density at radius 2 is 1.21 bits per heavy atom. The lowest BCUT2D eigenvalue weighted by Gasteiger charge is -2.18. The number of rotatable bonds is 24. The number of carbonyl (C=O) groups is 2. The molecular weight excluding hydrogens is 412 g/mol. The Labute approximate surface area is 204 Å². The zero-order chi connectivity index (χ0) is 24.6. The normalized spacial score (nSPS) is 13.3. The van der Waals surface area contributed by atoms with Crippen LogP contribution >= 0.6 is 0 Å². The lowest BCUT2D eigenvalue weighted by Crippen LogP contribution is -2.22. The molecule has 0 saturated heterocycles. The zero-order valence-electron chi connectivity index (χ0n) is 22.1. The fraction of sp³-hybridized carbons (Fsp3) is 0.862. The molecule has 0 fully saturated rings. The molecule has 0 aliphatic carbocycles. The summed E-state index contributed by atoms with van der Waals surface area (Å²) in [4.78, 5) is 24.0. The summed E-state index contributed by atoms with van der Waals surface area (Å²) in [6.45, 7) is 6.56. The molecule has 2 unspecified atom stereocenters. The zero-order valence-corrected chi connectivity index (χ0v) is 22.1. The van der Waals surface area contributed by atoms with Gasteiger partial charge < -0.3 is 9.84 Å². The van der Waals surface area contributed by atoms with Crippen LogP contribution in [0.2, 0.25) is 0 Å². The van der Waals surface area contributed by atoms with E-state index < -0.39 is 11.9 Å². The quantitative estimate of drug-likeness (QED) is 0.0875. The predicted octanol–water partition coefficient (Wildman–Crippen LogP) is 9.02. The third kappa shape index (κ3) is 21.0. The monoisotopic (exact) mass is 466 g/mol. The molecule has 4 nitrogen and oxygen atoms in total. The summed E-state index contributed by atoms with van der Waals surface area (Å²) >= 11 is 0. The SMILES string of the molecule is CCCCCCCCCC/C=C/C(CC(=O)OC(CCC)CCCCCCCCC)C(=O)O. The van der Waals surface area contributed by atoms with Crippen LogP contribution in [0.15, 0.2) is 12.2 Å². The number of aliphatic carboxylic acids is 1. The van der Waals surface area contributed by atoms with Crippen LogP contribution in [0.25, 0.3) is 0 Å². The summed E-state index contributed by atoms with van der Waals surface area (Å²) in [5.41, 5.74) is 0. The standard InChI is InChI=1S/C29H54O4/c1-4-7-9-11-13-14-15-17-18-20-23-26(29(31)32)25-28(30)33-27(22-6-3)24-21-19-16-12-10-8-5-2/h20,23,26-27H,4-19,21-22,24-25H2,1-3H3,(H,31,32)/b23-20+. The maximum atomic E-state index is 12.4. The molecule has 0 bridgehead atoms. The van der Waals surface area contributed by atoms with Gasteiger partial charge in [-0.2, -0.15) is 0 Å². The van der Waals surface area contributed by atoms with Crippen LogP contribution < -0.4 is 0 Å². The number of unbranched alkanes of at least 4 members (excludes halogenated alkanes) is 14. The summed E-state index contributed by atoms with van der Waals surface area (Å²) in [5.74, 6) is -2.11. The molecule has 0 rings (SSSR count). The Morgan fingerprint density at radius 1 is 0.697 bits per heavy atom. The molecule has 194 valence electrons. The minimum atomic E-state index is -0.946. The lowest BCUT2D eigenvalue weighted by molar-refractivity contribution is -0.154. The maximum Gasteiger partial charge on any atom is 0.310 e. The molecule has 0 aromatic rings. The largest absolute Gasteiger partial charge is 0.481 e. The molecule has 0 amide bonds. The second-order valence-electron chi connectivity index (χ2n) is 9.65. The summed E-state index contributed by atoms with van der Waals surface area (Å²) in [6.07, 6.45) is 25.9. The number of allylic oxidation sites excluding steroid dienone is 1. The molecule has 0 spiro atoms. The molecule has 1 N–H and O–H groups in total. The van der Waals surface area contributed by atoms with Gasteiger partial charge in [-0.1, -0.05) is 123 Å². The fourth-order valence-corrected chi connectivity index (χ4v) is 4.22. The van der Waals surface area contributed by atoms with Crippen LogP contribution in [0.1, 0.15) is 149 Å². The van der Waals surface area contributed by atoms with Gasteiger partial charge >= 0.3 is 11.9 Å². The third-order valence-electron chi connectivity index (χ3n) is 6.33. The lowest BCUT2D eigenvalue weighted by atomic mass is 10.0. The minimum absolute atomic E-state index is 0.0690. The topological polar surface area (TPSA) is 63.6 Å². The first-order chi connectivity index (χ1) is 16.0. The summed E-state index contributed by atoms with van der Waals surface area (Å²) in [7, 11) is 0. The number of esters is 1. The first-order valence-corrected chi connectivity index (χ1v) is 14.1. The molecule has 0 aliphatic rings. The van der Waals surface area contributed by atoms with Crippen molar-refractivity contribution in [2.45, 2.75) is 155 Å². The van der Waals surface area contributed by atoms with Crippen molar-refractivity contribution in [3.05, 3.63) is 12.2 Å². The van der Waals surface area contributed by atoms with Crippen molar-refractivity contribution in [3.8, 4) is 0 Å². The number of hydrogen-bond acceptors (Lipinski definition) is 3. The summed E-state index contributed by atoms with van der Waals surface area (Å²) in [5, 5.41) is 9.51. The van der Waals surface area contributed by atoms with Crippen LogP contribution in [0.3, 0.4) is 0 Å². The van der Waals surface area contributed by atoms with Crippen molar-refractivity contribution in [2.75, 3.05) is 0 Å². The Balaban J connectivity index is 4.17. The van der Waals surface area contributed by atoms with E-state index in [9.17, 15) is 14.7 Å². The summed E-state index contributed by atoms with van der Waals surface area (Å²) < 4.78 is 5.68. The van der Waals surface area contributed by atoms with Crippen molar-refractivity contribution < 1.29 is 19.4 Å². The molecule has 0 heterocycles. The van der Waals surface area contributed by atoms with E-state index in [1.807, 2.05) is 6.08 Å². The number of carboxylic acid groups (broad SMARTS) is 1. The van der Waals surface area contributed by atoms with Gasteiger partial charge in [0.05, 0.1) is 12.3 Å². The van der Waals surface area contributed by atoms with Crippen molar-refractivity contribution >= 4 is 11.9 Å². The average molecular weight is 467 g/mol. The van der Waals surface area contributed by atoms with E-state index in [4.69, 9.17) is 4.74 Å². The number of carboxylic acids is 1. The Hall–Kier alpha value is -1.32. The Bertz CT molecular complexity index is 486. The fourth-order valence-electron chi connectivity index (χ4n) is 4.22. The minimum Gasteiger partial charge on any atom is -0.481 e. The Kier molecular flexibility index (Phi) is 22.9. The molecule has 0 radical (unpaired) electrons. The van der Waals surface area contributed by atoms with Crippen molar-refractivity contribution in [2.24, 2.45) is 5.92 Å². The molecular formula is C29H54O4. The van der Waals surface area contributed by atoms with Crippen LogP contribution in [-0.4, -0.2) is 23.1 Å². The van der Waals surface area contributed by atoms with Gasteiger partial charge in [-0.25, -0.2) is 0 Å². The van der Waals surface area contributed by atoms with Gasteiger partial charge in [0.1, 0.15) is 6.10 Å². The van der Waals surface area contributed by atoms with Gasteiger partial charge in [-0.05, 0) is 32.1 Å². The molecule has 4 heteroatoms. The van der Waals surface area contributed by atoms with Gasteiger partial charge in [0.2, 0.25) is 0 Å². The highest BCUT2D eigenvalue weighted by atomic mass is 16.5. The molecule has 2 atom stereocenters. The first kappa shape index (κ1) is 31.7. The van der Waals surface area contributed by atoms with Gasteiger partial charge in [-0.15, -0.1) is 0 Å². The summed E-state index contributed by atoms with van der Waals surface area (Å²) in [6, 6.07) is 0. The van der Waals surface area contributed by atoms with E-state index in [-0.39, 0.29) is 18.5 Å². The van der Waals surface area contributed by atoms with Gasteiger partial charge in [0, 0.05) is 0 Å². The van der Waals surface area contributed by atoms with E-state index in [2.05, 4.69) is 20.8 Å². The van der Waals surface area contributed by atoms with E-state index in [0.29, 0.717) is 0 Å². The van der Waals surface area contributed by atoms with E-state index in [1.54, 1.807) is 6.08 Å². The number of ether oxygens (including phenoxy) is 1. The van der Waals surface area contributed by atoms with Crippen LogP contribution in [0.4, 0.5) is 0 Å². The first-order valence-electron chi connectivity index (χ1n) is 14.1. The van der Waals surface area contributed by atoms with Crippen molar-refractivity contribution in [3.63, 3.8) is 0 Å². The average Bonchev–Trinajstić information content (AvgIpc) is 2.78. The smallest absolute Gasteiger partial charge is 0.310 e.